The molecule has 6 nitrogen and oxygen atoms in total. The van der Waals surface area contributed by atoms with Gasteiger partial charge in [-0.25, -0.2) is 0 Å². The van der Waals surface area contributed by atoms with Crippen LogP contribution in [-0.2, 0) is 6.54 Å². The second kappa shape index (κ2) is 9.81. The van der Waals surface area contributed by atoms with E-state index in [4.69, 9.17) is 5.10 Å². The zero-order valence-corrected chi connectivity index (χ0v) is 17.9. The van der Waals surface area contributed by atoms with Gasteiger partial charge < -0.3 is 20.2 Å². The van der Waals surface area contributed by atoms with Crippen molar-refractivity contribution in [2.45, 2.75) is 64.5 Å². The van der Waals surface area contributed by atoms with E-state index in [1.54, 1.807) is 6.07 Å². The van der Waals surface area contributed by atoms with Crippen LogP contribution in [0.5, 0.6) is 5.75 Å². The van der Waals surface area contributed by atoms with Crippen LogP contribution in [0.3, 0.4) is 0 Å². The predicted octanol–water partition coefficient (Wildman–Crippen LogP) is 3.90. The summed E-state index contributed by atoms with van der Waals surface area (Å²) in [6.07, 6.45) is 8.96. The normalized spacial score (nSPS) is 21.2. The van der Waals surface area contributed by atoms with Crippen molar-refractivity contribution in [2.24, 2.45) is 0 Å². The predicted molar refractivity (Wildman–Crippen MR) is 120 cm³/mol. The van der Waals surface area contributed by atoms with Gasteiger partial charge in [0.1, 0.15) is 5.75 Å². The lowest BCUT2D eigenvalue weighted by Gasteiger charge is -2.33. The first-order chi connectivity index (χ1) is 14.2. The van der Waals surface area contributed by atoms with Gasteiger partial charge in [-0.3, -0.25) is 4.68 Å². The molecule has 3 heterocycles. The van der Waals surface area contributed by atoms with E-state index < -0.39 is 0 Å². The number of aryl methyl sites for hydroxylation is 1. The van der Waals surface area contributed by atoms with Crippen LogP contribution in [0.15, 0.2) is 18.2 Å². The number of piperidine rings is 1. The molecule has 0 radical (unpaired) electrons. The second-order valence-corrected chi connectivity index (χ2v) is 8.84. The second-order valence-electron chi connectivity index (χ2n) is 8.84. The SMILES string of the molecule is CC1CCCCN1CCCNc1nn(CCCN2CCCC2)c2ccc(O)cc12. The van der Waals surface area contributed by atoms with Crippen LogP contribution < -0.4 is 5.32 Å². The van der Waals surface area contributed by atoms with Crippen LogP contribution >= 0.6 is 0 Å². The van der Waals surface area contributed by atoms with Crippen molar-refractivity contribution in [3.8, 4) is 5.75 Å². The lowest BCUT2D eigenvalue weighted by molar-refractivity contribution is 0.160. The van der Waals surface area contributed by atoms with Gasteiger partial charge in [0, 0.05) is 31.1 Å². The minimum absolute atomic E-state index is 0.305. The summed E-state index contributed by atoms with van der Waals surface area (Å²) in [5, 5.41) is 19.4. The molecule has 1 aromatic carbocycles. The number of anilines is 1. The summed E-state index contributed by atoms with van der Waals surface area (Å²) in [7, 11) is 0. The molecule has 2 saturated heterocycles. The first-order valence-electron chi connectivity index (χ1n) is 11.6. The average Bonchev–Trinajstić information content (AvgIpc) is 3.35. The molecular weight excluding hydrogens is 362 g/mol. The number of hydrogen-bond acceptors (Lipinski definition) is 5. The number of hydrogen-bond donors (Lipinski definition) is 2. The molecule has 0 bridgehead atoms. The molecule has 0 aliphatic carbocycles. The fourth-order valence-electron chi connectivity index (χ4n) is 4.90. The van der Waals surface area contributed by atoms with E-state index in [9.17, 15) is 5.11 Å². The van der Waals surface area contributed by atoms with Gasteiger partial charge >= 0.3 is 0 Å². The van der Waals surface area contributed by atoms with Gasteiger partial charge in [0.2, 0.25) is 0 Å². The van der Waals surface area contributed by atoms with E-state index in [1.807, 2.05) is 12.1 Å². The number of phenols is 1. The Kier molecular flexibility index (Phi) is 6.93. The summed E-state index contributed by atoms with van der Waals surface area (Å²) in [5.41, 5.74) is 1.11. The Hall–Kier alpha value is -1.79. The molecule has 0 amide bonds. The number of aromatic hydroxyl groups is 1. The molecule has 2 fully saturated rings. The van der Waals surface area contributed by atoms with Gasteiger partial charge in [0.05, 0.1) is 5.52 Å². The smallest absolute Gasteiger partial charge is 0.156 e. The third-order valence-corrected chi connectivity index (χ3v) is 6.63. The zero-order chi connectivity index (χ0) is 20.1. The summed E-state index contributed by atoms with van der Waals surface area (Å²) < 4.78 is 2.11. The number of likely N-dealkylation sites (tertiary alicyclic amines) is 2. The monoisotopic (exact) mass is 399 g/mol. The van der Waals surface area contributed by atoms with Crippen LogP contribution in [0.25, 0.3) is 10.9 Å². The van der Waals surface area contributed by atoms with Crippen LogP contribution in [-0.4, -0.2) is 70.0 Å². The van der Waals surface area contributed by atoms with E-state index in [-0.39, 0.29) is 0 Å². The Morgan fingerprint density at radius 3 is 2.69 bits per heavy atom. The lowest BCUT2D eigenvalue weighted by Crippen LogP contribution is -2.38. The summed E-state index contributed by atoms with van der Waals surface area (Å²) >= 11 is 0. The highest BCUT2D eigenvalue weighted by molar-refractivity contribution is 5.91. The number of benzene rings is 1. The Labute approximate surface area is 174 Å². The number of rotatable bonds is 9. The van der Waals surface area contributed by atoms with Crippen LogP contribution in [0.2, 0.25) is 0 Å². The van der Waals surface area contributed by atoms with Crippen molar-refractivity contribution >= 4 is 16.7 Å². The largest absolute Gasteiger partial charge is 0.508 e. The molecule has 2 aromatic rings. The van der Waals surface area contributed by atoms with Crippen LogP contribution in [0.4, 0.5) is 5.82 Å². The maximum Gasteiger partial charge on any atom is 0.156 e. The molecule has 2 aliphatic heterocycles. The van der Waals surface area contributed by atoms with E-state index >= 15 is 0 Å². The number of nitrogens with zero attached hydrogens (tertiary/aromatic N) is 4. The van der Waals surface area contributed by atoms with Crippen molar-refractivity contribution in [2.75, 3.05) is 44.6 Å². The highest BCUT2D eigenvalue weighted by atomic mass is 16.3. The molecule has 1 atom stereocenters. The molecule has 29 heavy (non-hydrogen) atoms. The Bertz CT molecular complexity index is 783. The molecule has 6 heteroatoms. The van der Waals surface area contributed by atoms with Crippen molar-refractivity contribution < 1.29 is 5.11 Å². The first kappa shape index (κ1) is 20.5. The molecule has 4 rings (SSSR count). The third-order valence-electron chi connectivity index (χ3n) is 6.63. The summed E-state index contributed by atoms with van der Waals surface area (Å²) in [5.74, 6) is 1.21. The minimum Gasteiger partial charge on any atom is -0.508 e. The van der Waals surface area contributed by atoms with E-state index in [2.05, 4.69) is 26.7 Å². The Balaban J connectivity index is 1.34. The molecule has 1 unspecified atom stereocenters. The summed E-state index contributed by atoms with van der Waals surface area (Å²) in [6, 6.07) is 6.32. The zero-order valence-electron chi connectivity index (χ0n) is 17.9. The molecule has 2 aliphatic rings. The average molecular weight is 400 g/mol. The first-order valence-corrected chi connectivity index (χ1v) is 11.6. The summed E-state index contributed by atoms with van der Waals surface area (Å²) in [6.45, 7) is 10.2. The fourth-order valence-corrected chi connectivity index (χ4v) is 4.90. The Morgan fingerprint density at radius 2 is 1.86 bits per heavy atom. The van der Waals surface area contributed by atoms with Gasteiger partial charge in [-0.05, 0) is 89.8 Å². The maximum absolute atomic E-state index is 9.98. The number of fused-ring (bicyclic) bond motifs is 1. The van der Waals surface area contributed by atoms with Crippen molar-refractivity contribution in [3.05, 3.63) is 18.2 Å². The molecule has 0 spiro atoms. The van der Waals surface area contributed by atoms with Crippen LogP contribution in [0.1, 0.15) is 51.9 Å². The van der Waals surface area contributed by atoms with Crippen LogP contribution in [0, 0.1) is 0 Å². The summed E-state index contributed by atoms with van der Waals surface area (Å²) in [4.78, 5) is 5.17. The van der Waals surface area contributed by atoms with Gasteiger partial charge in [-0.1, -0.05) is 6.42 Å². The molecule has 160 valence electrons. The van der Waals surface area contributed by atoms with E-state index in [0.29, 0.717) is 5.75 Å². The van der Waals surface area contributed by atoms with Gasteiger partial charge in [0.25, 0.3) is 0 Å². The van der Waals surface area contributed by atoms with E-state index in [1.165, 1.54) is 51.7 Å². The highest BCUT2D eigenvalue weighted by Crippen LogP contribution is 2.27. The van der Waals surface area contributed by atoms with Gasteiger partial charge in [-0.2, -0.15) is 5.10 Å². The fraction of sp³-hybridized carbons (Fsp3) is 0.696. The van der Waals surface area contributed by atoms with Gasteiger partial charge in [-0.15, -0.1) is 0 Å². The lowest BCUT2D eigenvalue weighted by atomic mass is 10.0. The standard InChI is InChI=1S/C23H37N5O/c1-19-8-2-3-15-27(19)16-6-11-24-23-21-18-20(29)9-10-22(21)28(25-23)17-7-14-26-12-4-5-13-26/h9-10,18-19,29H,2-8,11-17H2,1H3,(H,24,25). The molecule has 0 saturated carbocycles. The number of aromatic nitrogens is 2. The van der Waals surface area contributed by atoms with E-state index in [0.717, 1.165) is 61.8 Å². The van der Waals surface area contributed by atoms with Crippen molar-refractivity contribution in [3.63, 3.8) is 0 Å². The maximum atomic E-state index is 9.98. The molecule has 2 N–H and O–H groups in total. The van der Waals surface area contributed by atoms with Gasteiger partial charge in [0.15, 0.2) is 5.82 Å². The molecular formula is C23H37N5O. The number of nitrogens with one attached hydrogen (secondary N) is 1. The minimum atomic E-state index is 0.305. The third kappa shape index (κ3) is 5.23. The van der Waals surface area contributed by atoms with Crippen molar-refractivity contribution in [1.82, 2.24) is 19.6 Å². The molecule has 1 aromatic heterocycles. The quantitative estimate of drug-likeness (QED) is 0.626. The highest BCUT2D eigenvalue weighted by Gasteiger charge is 2.17. The van der Waals surface area contributed by atoms with Crippen molar-refractivity contribution in [1.29, 1.82) is 0 Å². The topological polar surface area (TPSA) is 56.6 Å². The Morgan fingerprint density at radius 1 is 1.03 bits per heavy atom. The number of phenolic OH excluding ortho intramolecular Hbond substituents is 1.